The maximum Gasteiger partial charge on any atom is 0.264 e. The summed E-state index contributed by atoms with van der Waals surface area (Å²) in [5.74, 6) is -0.733. The SMILES string of the molecule is CCC(C(=O)NC(C)(C)C)N(Cc1c(Cl)cccc1Cl)C(=O)CN(c1cc(C)ccc1OC)S(=O)(=O)c1ccccc1. The first-order chi connectivity index (χ1) is 19.7. The highest BCUT2D eigenvalue weighted by atomic mass is 35.5. The number of carbonyl (C=O) groups is 2. The van der Waals surface area contributed by atoms with Crippen molar-refractivity contribution in [2.24, 2.45) is 0 Å². The smallest absolute Gasteiger partial charge is 0.264 e. The summed E-state index contributed by atoms with van der Waals surface area (Å²) in [5, 5.41) is 3.58. The Hall–Kier alpha value is -3.27. The third-order valence-electron chi connectivity index (χ3n) is 6.49. The molecule has 3 rings (SSSR count). The van der Waals surface area contributed by atoms with Gasteiger partial charge in [0.05, 0.1) is 17.7 Å². The molecule has 0 fully saturated rings. The van der Waals surface area contributed by atoms with Gasteiger partial charge in [-0.2, -0.15) is 0 Å². The third kappa shape index (κ3) is 7.96. The lowest BCUT2D eigenvalue weighted by Gasteiger charge is -2.35. The second-order valence-corrected chi connectivity index (χ2v) is 13.6. The maximum atomic E-state index is 14.3. The van der Waals surface area contributed by atoms with Crippen LogP contribution in [0.15, 0.2) is 71.6 Å². The Morgan fingerprint density at radius 3 is 2.14 bits per heavy atom. The lowest BCUT2D eigenvalue weighted by Crippen LogP contribution is -2.55. The second-order valence-electron chi connectivity index (χ2n) is 10.9. The first kappa shape index (κ1) is 33.2. The van der Waals surface area contributed by atoms with Gasteiger partial charge >= 0.3 is 0 Å². The van der Waals surface area contributed by atoms with Crippen LogP contribution in [0.2, 0.25) is 10.0 Å². The number of anilines is 1. The quantitative estimate of drug-likeness (QED) is 0.270. The van der Waals surface area contributed by atoms with Gasteiger partial charge in [-0.3, -0.25) is 13.9 Å². The minimum absolute atomic E-state index is 0.000394. The average molecular weight is 635 g/mol. The molecule has 1 unspecified atom stereocenters. The van der Waals surface area contributed by atoms with Crippen molar-refractivity contribution in [3.63, 3.8) is 0 Å². The Kier molecular flexibility index (Phi) is 10.9. The van der Waals surface area contributed by atoms with Crippen LogP contribution < -0.4 is 14.4 Å². The molecular weight excluding hydrogens is 597 g/mol. The summed E-state index contributed by atoms with van der Waals surface area (Å²) in [7, 11) is -2.82. The first-order valence-electron chi connectivity index (χ1n) is 13.5. The summed E-state index contributed by atoms with van der Waals surface area (Å²) in [6.45, 7) is 8.39. The van der Waals surface area contributed by atoms with E-state index in [9.17, 15) is 18.0 Å². The van der Waals surface area contributed by atoms with Crippen LogP contribution in [0.1, 0.15) is 45.2 Å². The Balaban J connectivity index is 2.17. The van der Waals surface area contributed by atoms with Crippen LogP contribution in [0.25, 0.3) is 0 Å². The molecule has 226 valence electrons. The molecule has 2 amide bonds. The number of benzene rings is 3. The molecule has 8 nitrogen and oxygen atoms in total. The van der Waals surface area contributed by atoms with Crippen molar-refractivity contribution >= 4 is 50.7 Å². The Bertz CT molecular complexity index is 1510. The van der Waals surface area contributed by atoms with Gasteiger partial charge in [-0.15, -0.1) is 0 Å². The number of aryl methyl sites for hydroxylation is 1. The number of hydrogen-bond acceptors (Lipinski definition) is 5. The fourth-order valence-electron chi connectivity index (χ4n) is 4.45. The molecule has 0 aliphatic carbocycles. The zero-order chi connectivity index (χ0) is 31.2. The molecule has 0 bridgehead atoms. The molecule has 0 saturated carbocycles. The largest absolute Gasteiger partial charge is 0.495 e. The summed E-state index contributed by atoms with van der Waals surface area (Å²) in [6, 6.07) is 16.9. The predicted octanol–water partition coefficient (Wildman–Crippen LogP) is 6.23. The fraction of sp³-hybridized carbons (Fsp3) is 0.355. The highest BCUT2D eigenvalue weighted by Gasteiger charge is 2.36. The summed E-state index contributed by atoms with van der Waals surface area (Å²) < 4.78 is 34.7. The summed E-state index contributed by atoms with van der Waals surface area (Å²) in [4.78, 5) is 29.1. The third-order valence-corrected chi connectivity index (χ3v) is 8.97. The number of sulfonamides is 1. The number of hydrogen-bond donors (Lipinski definition) is 1. The molecule has 0 aliphatic rings. The number of rotatable bonds is 11. The van der Waals surface area contributed by atoms with Crippen molar-refractivity contribution < 1.29 is 22.7 Å². The minimum Gasteiger partial charge on any atom is -0.495 e. The van der Waals surface area contributed by atoms with E-state index in [4.69, 9.17) is 27.9 Å². The van der Waals surface area contributed by atoms with E-state index in [1.165, 1.54) is 24.1 Å². The number of nitrogens with one attached hydrogen (secondary N) is 1. The molecule has 3 aromatic rings. The lowest BCUT2D eigenvalue weighted by atomic mass is 10.1. The number of halogens is 2. The van der Waals surface area contributed by atoms with Gasteiger partial charge < -0.3 is 15.0 Å². The highest BCUT2D eigenvalue weighted by molar-refractivity contribution is 7.92. The van der Waals surface area contributed by atoms with Crippen molar-refractivity contribution in [3.8, 4) is 5.75 Å². The van der Waals surface area contributed by atoms with Crippen LogP contribution in [0, 0.1) is 6.92 Å². The molecule has 1 N–H and O–H groups in total. The summed E-state index contributed by atoms with van der Waals surface area (Å²) in [5.41, 5.74) is 0.834. The zero-order valence-corrected chi connectivity index (χ0v) is 27.0. The fourth-order valence-corrected chi connectivity index (χ4v) is 6.41. The minimum atomic E-state index is -4.25. The van der Waals surface area contributed by atoms with Gasteiger partial charge in [-0.25, -0.2) is 8.42 Å². The van der Waals surface area contributed by atoms with Crippen LogP contribution in [0.3, 0.4) is 0 Å². The van der Waals surface area contributed by atoms with Gasteiger partial charge in [0.25, 0.3) is 10.0 Å². The predicted molar refractivity (Wildman–Crippen MR) is 168 cm³/mol. The van der Waals surface area contributed by atoms with Crippen LogP contribution in [-0.2, 0) is 26.2 Å². The molecule has 1 atom stereocenters. The Morgan fingerprint density at radius 2 is 1.60 bits per heavy atom. The molecule has 0 radical (unpaired) electrons. The topological polar surface area (TPSA) is 96.0 Å². The average Bonchev–Trinajstić information content (AvgIpc) is 2.92. The van der Waals surface area contributed by atoms with E-state index in [2.05, 4.69) is 5.32 Å². The molecule has 11 heteroatoms. The summed E-state index contributed by atoms with van der Waals surface area (Å²) in [6.07, 6.45) is 0.259. The molecule has 0 heterocycles. The lowest BCUT2D eigenvalue weighted by molar-refractivity contribution is -0.141. The Labute approximate surface area is 258 Å². The van der Waals surface area contributed by atoms with E-state index < -0.39 is 34.1 Å². The molecule has 0 saturated heterocycles. The van der Waals surface area contributed by atoms with Gasteiger partial charge in [-0.1, -0.05) is 60.5 Å². The maximum absolute atomic E-state index is 14.3. The van der Waals surface area contributed by atoms with E-state index in [0.717, 1.165) is 9.87 Å². The standard InChI is InChI=1S/C31H37Cl2N3O5S/c1-7-26(30(38)34-31(3,4)5)35(19-23-24(32)14-11-15-25(23)33)29(37)20-36(27-18-21(2)16-17-28(27)41-6)42(39,40)22-12-9-8-10-13-22/h8-18,26H,7,19-20H2,1-6H3,(H,34,38). The van der Waals surface area contributed by atoms with Crippen LogP contribution in [-0.4, -0.2) is 50.4 Å². The van der Waals surface area contributed by atoms with Crippen LogP contribution in [0.4, 0.5) is 5.69 Å². The molecule has 3 aromatic carbocycles. The highest BCUT2D eigenvalue weighted by Crippen LogP contribution is 2.34. The van der Waals surface area contributed by atoms with E-state index >= 15 is 0 Å². The van der Waals surface area contributed by atoms with Gasteiger partial charge in [-0.05, 0) is 76.1 Å². The monoisotopic (exact) mass is 633 g/mol. The molecule has 0 spiro atoms. The number of carbonyl (C=O) groups excluding carboxylic acids is 2. The van der Waals surface area contributed by atoms with E-state index in [-0.39, 0.29) is 35.2 Å². The van der Waals surface area contributed by atoms with Crippen molar-refractivity contribution in [1.82, 2.24) is 10.2 Å². The Morgan fingerprint density at radius 1 is 0.976 bits per heavy atom. The number of methoxy groups -OCH3 is 1. The zero-order valence-electron chi connectivity index (χ0n) is 24.6. The van der Waals surface area contributed by atoms with Gasteiger partial charge in [0.1, 0.15) is 18.3 Å². The van der Waals surface area contributed by atoms with Crippen molar-refractivity contribution in [2.45, 2.75) is 64.1 Å². The molecule has 0 aliphatic heterocycles. The van der Waals surface area contributed by atoms with Gasteiger partial charge in [0.2, 0.25) is 11.8 Å². The van der Waals surface area contributed by atoms with Crippen LogP contribution in [0.5, 0.6) is 5.75 Å². The van der Waals surface area contributed by atoms with Crippen molar-refractivity contribution in [1.29, 1.82) is 0 Å². The van der Waals surface area contributed by atoms with Crippen molar-refractivity contribution in [2.75, 3.05) is 18.0 Å². The molecule has 42 heavy (non-hydrogen) atoms. The van der Waals surface area contributed by atoms with Gasteiger partial charge in [0, 0.05) is 27.7 Å². The molecule has 0 aromatic heterocycles. The van der Waals surface area contributed by atoms with E-state index in [1.807, 2.05) is 27.7 Å². The first-order valence-corrected chi connectivity index (χ1v) is 15.7. The second kappa shape index (κ2) is 13.8. The van der Waals surface area contributed by atoms with Crippen molar-refractivity contribution in [3.05, 3.63) is 87.9 Å². The summed E-state index contributed by atoms with van der Waals surface area (Å²) >= 11 is 13.0. The van der Waals surface area contributed by atoms with Crippen LogP contribution >= 0.6 is 23.2 Å². The van der Waals surface area contributed by atoms with E-state index in [0.29, 0.717) is 15.6 Å². The van der Waals surface area contributed by atoms with Gasteiger partial charge in [0.15, 0.2) is 0 Å². The number of ether oxygens (including phenoxy) is 1. The number of amides is 2. The number of nitrogens with zero attached hydrogens (tertiary/aromatic N) is 2. The van der Waals surface area contributed by atoms with E-state index in [1.54, 1.807) is 61.5 Å². The normalized spacial score (nSPS) is 12.4. The molecular formula is C31H37Cl2N3O5S.